The van der Waals surface area contributed by atoms with E-state index in [1.807, 2.05) is 51.1 Å². The second-order valence-electron chi connectivity index (χ2n) is 12.3. The number of aromatic amines is 2. The van der Waals surface area contributed by atoms with E-state index in [1.165, 1.54) is 6.92 Å². The quantitative estimate of drug-likeness (QED) is 0.180. The lowest BCUT2D eigenvalue weighted by molar-refractivity contribution is -0.141. The van der Waals surface area contributed by atoms with E-state index in [0.29, 0.717) is 25.0 Å². The molecular weight excluding hydrogens is 590 g/mol. The van der Waals surface area contributed by atoms with E-state index in [9.17, 15) is 19.5 Å². The molecule has 5 heterocycles. The van der Waals surface area contributed by atoms with Gasteiger partial charge in [0.1, 0.15) is 11.8 Å². The van der Waals surface area contributed by atoms with Crippen LogP contribution < -0.4 is 5.32 Å². The SMILES string of the molecule is C=Cc1c(C)c2cc3[nH]c(cc4nc(cc5nc(cc1[nH]2)C(C)=C5CCC(C)=O)C(CCC(=O)N[C@@H](C)C(=O)O)=C4C)c(C)c3C=C. The Morgan fingerprint density at radius 2 is 1.23 bits per heavy atom. The Labute approximate surface area is 274 Å². The first kappa shape index (κ1) is 33.1. The Kier molecular flexibility index (Phi) is 9.28. The highest BCUT2D eigenvalue weighted by Gasteiger charge is 2.23. The monoisotopic (exact) mass is 631 g/mol. The number of hydrogen-bond acceptors (Lipinski definition) is 5. The van der Waals surface area contributed by atoms with Crippen molar-refractivity contribution in [2.45, 2.75) is 73.3 Å². The number of carbonyl (C=O) groups excluding carboxylic acids is 2. The van der Waals surface area contributed by atoms with Crippen molar-refractivity contribution in [1.82, 2.24) is 25.3 Å². The molecule has 4 N–H and O–H groups in total. The first-order valence-corrected chi connectivity index (χ1v) is 15.8. The molecule has 0 aliphatic carbocycles. The van der Waals surface area contributed by atoms with Crippen molar-refractivity contribution in [1.29, 1.82) is 0 Å². The van der Waals surface area contributed by atoms with Crippen LogP contribution in [0, 0.1) is 13.8 Å². The molecule has 0 saturated heterocycles. The maximum atomic E-state index is 12.7. The molecule has 2 aliphatic rings. The zero-order valence-corrected chi connectivity index (χ0v) is 27.9. The Morgan fingerprint density at radius 1 is 0.766 bits per heavy atom. The number of rotatable bonds is 10. The molecule has 5 rings (SSSR count). The zero-order chi connectivity index (χ0) is 34.2. The van der Waals surface area contributed by atoms with E-state index in [-0.39, 0.29) is 18.1 Å². The summed E-state index contributed by atoms with van der Waals surface area (Å²) in [5.74, 6) is -1.35. The Hall–Kier alpha value is -5.31. The van der Waals surface area contributed by atoms with Gasteiger partial charge in [-0.2, -0.15) is 0 Å². The van der Waals surface area contributed by atoms with Crippen LogP contribution in [0.2, 0.25) is 0 Å². The van der Waals surface area contributed by atoms with Crippen molar-refractivity contribution in [3.8, 4) is 0 Å². The summed E-state index contributed by atoms with van der Waals surface area (Å²) in [6, 6.07) is 7.06. The van der Waals surface area contributed by atoms with E-state index in [2.05, 4.69) is 41.4 Å². The van der Waals surface area contributed by atoms with E-state index in [0.717, 1.165) is 83.7 Å². The summed E-state index contributed by atoms with van der Waals surface area (Å²) >= 11 is 0. The molecule has 9 heteroatoms. The predicted octanol–water partition coefficient (Wildman–Crippen LogP) is 7.82. The van der Waals surface area contributed by atoms with Gasteiger partial charge in [0.25, 0.3) is 0 Å². The summed E-state index contributed by atoms with van der Waals surface area (Å²) in [7, 11) is 0. The lowest BCUT2D eigenvalue weighted by Gasteiger charge is -2.10. The smallest absolute Gasteiger partial charge is 0.325 e. The molecule has 47 heavy (non-hydrogen) atoms. The highest BCUT2D eigenvalue weighted by atomic mass is 16.4. The van der Waals surface area contributed by atoms with Crippen LogP contribution in [0.4, 0.5) is 0 Å². The summed E-state index contributed by atoms with van der Waals surface area (Å²) < 4.78 is 0. The molecule has 0 fully saturated rings. The third-order valence-corrected chi connectivity index (χ3v) is 9.12. The average Bonchev–Trinajstić information content (AvgIpc) is 3.67. The average molecular weight is 632 g/mol. The third kappa shape index (κ3) is 6.52. The number of aryl methyl sites for hydroxylation is 2. The van der Waals surface area contributed by atoms with Crippen molar-refractivity contribution < 1.29 is 19.5 Å². The fourth-order valence-electron chi connectivity index (χ4n) is 6.22. The molecule has 0 spiro atoms. The number of Topliss-reactive ketones (excluding diaryl/α,β-unsaturated/α-hetero) is 1. The number of nitrogens with zero attached hydrogens (tertiary/aromatic N) is 2. The van der Waals surface area contributed by atoms with Crippen molar-refractivity contribution in [2.24, 2.45) is 0 Å². The van der Waals surface area contributed by atoms with Crippen LogP contribution >= 0.6 is 0 Å². The van der Waals surface area contributed by atoms with Crippen LogP contribution in [0.3, 0.4) is 0 Å². The van der Waals surface area contributed by atoms with Gasteiger partial charge in [-0.1, -0.05) is 25.3 Å². The van der Waals surface area contributed by atoms with Gasteiger partial charge in [0, 0.05) is 46.0 Å². The van der Waals surface area contributed by atoms with Gasteiger partial charge in [0.15, 0.2) is 0 Å². The molecule has 3 aromatic rings. The summed E-state index contributed by atoms with van der Waals surface area (Å²) in [6.07, 6.45) is 5.04. The molecule has 0 radical (unpaired) electrons. The van der Waals surface area contributed by atoms with Crippen molar-refractivity contribution in [3.05, 3.63) is 82.5 Å². The van der Waals surface area contributed by atoms with Crippen molar-refractivity contribution >= 4 is 74.2 Å². The summed E-state index contributed by atoms with van der Waals surface area (Å²) in [5, 5.41) is 11.8. The zero-order valence-electron chi connectivity index (χ0n) is 27.9. The first-order valence-electron chi connectivity index (χ1n) is 15.8. The van der Waals surface area contributed by atoms with Crippen LogP contribution in [-0.2, 0) is 14.4 Å². The van der Waals surface area contributed by atoms with Gasteiger partial charge in [0.05, 0.1) is 22.8 Å². The number of H-pyrrole nitrogens is 2. The second kappa shape index (κ2) is 13.2. The normalized spacial score (nSPS) is 13.5. The number of nitrogens with one attached hydrogen (secondary N) is 3. The maximum Gasteiger partial charge on any atom is 0.325 e. The summed E-state index contributed by atoms with van der Waals surface area (Å²) in [5.41, 5.74) is 14.3. The van der Waals surface area contributed by atoms with Crippen LogP contribution in [0.5, 0.6) is 0 Å². The topological polar surface area (TPSA) is 141 Å². The Morgan fingerprint density at radius 3 is 1.72 bits per heavy atom. The van der Waals surface area contributed by atoms with Gasteiger partial charge in [-0.3, -0.25) is 9.59 Å². The number of carboxylic acid groups (broad SMARTS) is 1. The summed E-state index contributed by atoms with van der Waals surface area (Å²) in [4.78, 5) is 53.4. The minimum absolute atomic E-state index is 0.0913. The molecule has 9 nitrogen and oxygen atoms in total. The minimum atomic E-state index is -1.09. The maximum absolute atomic E-state index is 12.7. The number of ketones is 1. The highest BCUT2D eigenvalue weighted by molar-refractivity contribution is 5.97. The van der Waals surface area contributed by atoms with E-state index < -0.39 is 12.0 Å². The second-order valence-corrected chi connectivity index (χ2v) is 12.3. The molecule has 0 saturated carbocycles. The van der Waals surface area contributed by atoms with Crippen LogP contribution in [0.1, 0.15) is 98.4 Å². The number of carboxylic acids is 1. The number of aromatic nitrogens is 4. The number of allylic oxidation sites excluding steroid dienone is 4. The number of aliphatic carboxylic acids is 1. The molecule has 3 aromatic heterocycles. The van der Waals surface area contributed by atoms with Crippen molar-refractivity contribution in [3.63, 3.8) is 0 Å². The Balaban J connectivity index is 1.81. The number of amides is 1. The van der Waals surface area contributed by atoms with E-state index in [1.54, 1.807) is 6.92 Å². The molecule has 242 valence electrons. The minimum Gasteiger partial charge on any atom is -0.480 e. The predicted molar refractivity (Wildman–Crippen MR) is 190 cm³/mol. The number of carbonyl (C=O) groups is 3. The van der Waals surface area contributed by atoms with Gasteiger partial charge in [0.2, 0.25) is 5.91 Å². The molecule has 0 unspecified atom stereocenters. The largest absolute Gasteiger partial charge is 0.480 e. The van der Waals surface area contributed by atoms with E-state index in [4.69, 9.17) is 9.97 Å². The lowest BCUT2D eigenvalue weighted by atomic mass is 9.97. The van der Waals surface area contributed by atoms with Gasteiger partial charge < -0.3 is 25.2 Å². The number of fused-ring (bicyclic) bond motifs is 8. The molecule has 0 aromatic carbocycles. The molecule has 8 bridgehead atoms. The third-order valence-electron chi connectivity index (χ3n) is 9.12. The first-order chi connectivity index (χ1) is 22.3. The van der Waals surface area contributed by atoms with Crippen LogP contribution in [0.25, 0.3) is 56.5 Å². The molecule has 1 atom stereocenters. The fraction of sp³-hybridized carbons (Fsp3) is 0.289. The molecular formula is C38H41N5O4. The molecule has 2 aliphatic heterocycles. The van der Waals surface area contributed by atoms with Crippen LogP contribution in [0.15, 0.2) is 37.4 Å². The number of hydrogen-bond donors (Lipinski definition) is 4. The van der Waals surface area contributed by atoms with Gasteiger partial charge >= 0.3 is 5.97 Å². The van der Waals surface area contributed by atoms with Gasteiger partial charge in [-0.15, -0.1) is 0 Å². The molecule has 1 amide bonds. The fourth-order valence-corrected chi connectivity index (χ4v) is 6.22. The van der Waals surface area contributed by atoms with Gasteiger partial charge in [-0.25, -0.2) is 9.97 Å². The lowest BCUT2D eigenvalue weighted by Crippen LogP contribution is -2.38. The standard InChI is InChI=1S/C38H41N5O4/c1-9-25-20(4)29-15-30-23(7)28(13-14-37(45)39-24(8)38(46)47)36(42-30)18-35-27(12-11-19(3)44)22(6)32(43-35)17-34-26(10-2)21(5)31(41-34)16-33(25)40-29/h9-10,15-18,24,40-41H,1-2,11-14H2,3-8H3,(H,39,45)(H,46,47)/t24-/m0/s1. The van der Waals surface area contributed by atoms with Gasteiger partial charge in [-0.05, 0) is 112 Å². The van der Waals surface area contributed by atoms with Crippen molar-refractivity contribution in [2.75, 3.05) is 0 Å². The van der Waals surface area contributed by atoms with E-state index >= 15 is 0 Å². The Bertz CT molecular complexity index is 2090. The van der Waals surface area contributed by atoms with Crippen LogP contribution in [-0.4, -0.2) is 48.7 Å². The summed E-state index contributed by atoms with van der Waals surface area (Å²) in [6.45, 7) is 19.3. The highest BCUT2D eigenvalue weighted by Crippen LogP contribution is 2.38.